The summed E-state index contributed by atoms with van der Waals surface area (Å²) in [6.45, 7) is 6.58. The van der Waals surface area contributed by atoms with Crippen molar-refractivity contribution in [1.82, 2.24) is 10.2 Å². The van der Waals surface area contributed by atoms with Gasteiger partial charge in [0, 0.05) is 6.04 Å². The molecule has 98 valence electrons. The van der Waals surface area contributed by atoms with Gasteiger partial charge in [-0.15, -0.1) is 0 Å². The molecule has 0 aliphatic carbocycles. The van der Waals surface area contributed by atoms with Gasteiger partial charge in [0.25, 0.3) is 0 Å². The molecule has 1 amide bonds. The van der Waals surface area contributed by atoms with Gasteiger partial charge >= 0.3 is 0 Å². The normalized spacial score (nSPS) is 21.7. The summed E-state index contributed by atoms with van der Waals surface area (Å²) in [6, 6.07) is 6.47. The van der Waals surface area contributed by atoms with Crippen molar-refractivity contribution < 1.29 is 9.18 Å². The number of carbonyl (C=O) groups is 1. The molecule has 1 saturated heterocycles. The summed E-state index contributed by atoms with van der Waals surface area (Å²) in [6.07, 6.45) is -0.143. The van der Waals surface area contributed by atoms with Crippen molar-refractivity contribution in [2.45, 2.75) is 33.0 Å². The Balaban J connectivity index is 2.26. The van der Waals surface area contributed by atoms with E-state index >= 15 is 0 Å². The van der Waals surface area contributed by atoms with Gasteiger partial charge in [-0.3, -0.25) is 10.1 Å². The average molecular weight is 250 g/mol. The Morgan fingerprint density at radius 2 is 1.89 bits per heavy atom. The predicted octanol–water partition coefficient (Wildman–Crippen LogP) is 2.30. The molecule has 1 aromatic carbocycles. The molecular formula is C14H19FN2O. The van der Waals surface area contributed by atoms with Gasteiger partial charge in [0.15, 0.2) is 0 Å². The summed E-state index contributed by atoms with van der Waals surface area (Å²) < 4.78 is 12.9. The third-order valence-electron chi connectivity index (χ3n) is 3.60. The van der Waals surface area contributed by atoms with E-state index in [1.165, 1.54) is 12.1 Å². The van der Waals surface area contributed by atoms with Crippen molar-refractivity contribution >= 4 is 5.91 Å². The van der Waals surface area contributed by atoms with Crippen LogP contribution in [0, 0.1) is 11.7 Å². The Bertz CT molecular complexity index is 430. The van der Waals surface area contributed by atoms with Crippen molar-refractivity contribution in [3.63, 3.8) is 0 Å². The summed E-state index contributed by atoms with van der Waals surface area (Å²) in [4.78, 5) is 13.8. The monoisotopic (exact) mass is 250 g/mol. The van der Waals surface area contributed by atoms with Crippen LogP contribution >= 0.6 is 0 Å². The van der Waals surface area contributed by atoms with Gasteiger partial charge in [0.05, 0.1) is 6.54 Å². The largest absolute Gasteiger partial charge is 0.319 e. The first-order valence-electron chi connectivity index (χ1n) is 6.30. The molecule has 1 N–H and O–H groups in total. The molecular weight excluding hydrogens is 231 g/mol. The molecule has 1 aromatic rings. The zero-order valence-electron chi connectivity index (χ0n) is 11.0. The van der Waals surface area contributed by atoms with Crippen LogP contribution in [0.5, 0.6) is 0 Å². The standard InChI is InChI=1S/C14H19FN2O/c1-9(2)10(3)17-13(18)8-16-14(17)11-4-6-12(15)7-5-11/h4-7,9-10,14,16H,8H2,1-3H3. The maximum Gasteiger partial charge on any atom is 0.238 e. The summed E-state index contributed by atoms with van der Waals surface area (Å²) in [5, 5.41) is 3.18. The molecule has 18 heavy (non-hydrogen) atoms. The molecule has 2 atom stereocenters. The minimum absolute atomic E-state index is 0.102. The molecule has 0 aromatic heterocycles. The van der Waals surface area contributed by atoms with E-state index in [0.29, 0.717) is 12.5 Å². The van der Waals surface area contributed by atoms with E-state index in [9.17, 15) is 9.18 Å². The van der Waals surface area contributed by atoms with E-state index in [1.54, 1.807) is 12.1 Å². The molecule has 1 aliphatic heterocycles. The van der Waals surface area contributed by atoms with E-state index in [-0.39, 0.29) is 23.9 Å². The highest BCUT2D eigenvalue weighted by atomic mass is 19.1. The summed E-state index contributed by atoms with van der Waals surface area (Å²) in [5.41, 5.74) is 0.926. The summed E-state index contributed by atoms with van der Waals surface area (Å²) >= 11 is 0. The molecule has 0 spiro atoms. The third kappa shape index (κ3) is 2.38. The lowest BCUT2D eigenvalue weighted by Crippen LogP contribution is -2.40. The Labute approximate surface area is 107 Å². The van der Waals surface area contributed by atoms with E-state index in [2.05, 4.69) is 19.2 Å². The maximum absolute atomic E-state index is 12.9. The van der Waals surface area contributed by atoms with E-state index in [0.717, 1.165) is 5.56 Å². The quantitative estimate of drug-likeness (QED) is 0.892. The first-order valence-corrected chi connectivity index (χ1v) is 6.30. The maximum atomic E-state index is 12.9. The molecule has 1 fully saturated rings. The van der Waals surface area contributed by atoms with Gasteiger partial charge in [-0.1, -0.05) is 26.0 Å². The highest BCUT2D eigenvalue weighted by molar-refractivity contribution is 5.81. The van der Waals surface area contributed by atoms with Crippen LogP contribution in [0.1, 0.15) is 32.5 Å². The Morgan fingerprint density at radius 3 is 2.44 bits per heavy atom. The van der Waals surface area contributed by atoms with Crippen LogP contribution < -0.4 is 5.32 Å². The van der Waals surface area contributed by atoms with Crippen LogP contribution in [0.25, 0.3) is 0 Å². The zero-order chi connectivity index (χ0) is 13.3. The molecule has 2 unspecified atom stereocenters. The second kappa shape index (κ2) is 5.06. The molecule has 1 heterocycles. The second-order valence-electron chi connectivity index (χ2n) is 5.12. The molecule has 0 bridgehead atoms. The van der Waals surface area contributed by atoms with Gasteiger partial charge in [-0.25, -0.2) is 4.39 Å². The molecule has 0 radical (unpaired) electrons. The summed E-state index contributed by atoms with van der Waals surface area (Å²) in [7, 11) is 0. The van der Waals surface area contributed by atoms with Crippen LogP contribution in [0.3, 0.4) is 0 Å². The van der Waals surface area contributed by atoms with Gasteiger partial charge in [-0.2, -0.15) is 0 Å². The van der Waals surface area contributed by atoms with Crippen LogP contribution in [-0.4, -0.2) is 23.4 Å². The summed E-state index contributed by atoms with van der Waals surface area (Å²) in [5.74, 6) is 0.230. The highest BCUT2D eigenvalue weighted by Crippen LogP contribution is 2.27. The Morgan fingerprint density at radius 1 is 1.28 bits per heavy atom. The van der Waals surface area contributed by atoms with Crippen molar-refractivity contribution in [1.29, 1.82) is 0 Å². The third-order valence-corrected chi connectivity index (χ3v) is 3.60. The van der Waals surface area contributed by atoms with Crippen LogP contribution in [0.2, 0.25) is 0 Å². The smallest absolute Gasteiger partial charge is 0.238 e. The molecule has 3 nitrogen and oxygen atoms in total. The van der Waals surface area contributed by atoms with Crippen molar-refractivity contribution in [3.8, 4) is 0 Å². The van der Waals surface area contributed by atoms with Crippen LogP contribution in [0.15, 0.2) is 24.3 Å². The SMILES string of the molecule is CC(C)C(C)N1C(=O)CNC1c1ccc(F)cc1. The minimum Gasteiger partial charge on any atom is -0.319 e. The molecule has 1 aliphatic rings. The number of amides is 1. The van der Waals surface area contributed by atoms with Crippen molar-refractivity contribution in [3.05, 3.63) is 35.6 Å². The zero-order valence-corrected chi connectivity index (χ0v) is 11.0. The Kier molecular flexibility index (Phi) is 3.66. The van der Waals surface area contributed by atoms with E-state index < -0.39 is 0 Å². The van der Waals surface area contributed by atoms with Gasteiger partial charge in [0.2, 0.25) is 5.91 Å². The predicted molar refractivity (Wildman–Crippen MR) is 68.3 cm³/mol. The molecule has 2 rings (SSSR count). The fourth-order valence-electron chi connectivity index (χ4n) is 2.22. The van der Waals surface area contributed by atoms with E-state index in [1.807, 2.05) is 11.8 Å². The van der Waals surface area contributed by atoms with Gasteiger partial charge < -0.3 is 4.90 Å². The molecule has 0 saturated carbocycles. The van der Waals surface area contributed by atoms with Crippen molar-refractivity contribution in [2.75, 3.05) is 6.54 Å². The number of carbonyl (C=O) groups excluding carboxylic acids is 1. The lowest BCUT2D eigenvalue weighted by molar-refractivity contribution is -0.130. The number of hydrogen-bond acceptors (Lipinski definition) is 2. The van der Waals surface area contributed by atoms with Crippen LogP contribution in [-0.2, 0) is 4.79 Å². The molecule has 4 heteroatoms. The Hall–Kier alpha value is -1.42. The number of hydrogen-bond donors (Lipinski definition) is 1. The van der Waals surface area contributed by atoms with E-state index in [4.69, 9.17) is 0 Å². The minimum atomic E-state index is -0.258. The average Bonchev–Trinajstić information content (AvgIpc) is 2.71. The lowest BCUT2D eigenvalue weighted by Gasteiger charge is -2.33. The van der Waals surface area contributed by atoms with Gasteiger partial charge in [-0.05, 0) is 30.5 Å². The first-order chi connectivity index (χ1) is 8.50. The first kappa shape index (κ1) is 13.0. The van der Waals surface area contributed by atoms with Crippen LogP contribution in [0.4, 0.5) is 4.39 Å². The number of halogens is 1. The number of nitrogens with zero attached hydrogens (tertiary/aromatic N) is 1. The lowest BCUT2D eigenvalue weighted by atomic mass is 10.0. The fourth-order valence-corrected chi connectivity index (χ4v) is 2.22. The fraction of sp³-hybridized carbons (Fsp3) is 0.500. The van der Waals surface area contributed by atoms with Gasteiger partial charge in [0.1, 0.15) is 12.0 Å². The topological polar surface area (TPSA) is 32.3 Å². The highest BCUT2D eigenvalue weighted by Gasteiger charge is 2.35. The number of nitrogens with one attached hydrogen (secondary N) is 1. The number of benzene rings is 1. The van der Waals surface area contributed by atoms with Crippen molar-refractivity contribution in [2.24, 2.45) is 5.92 Å². The number of rotatable bonds is 3. The second-order valence-corrected chi connectivity index (χ2v) is 5.12.